The monoisotopic (exact) mass is 513 g/mol. The van der Waals surface area contributed by atoms with Gasteiger partial charge in [0.25, 0.3) is 0 Å². The molecular formula is C21H36IN7. The van der Waals surface area contributed by atoms with Crippen molar-refractivity contribution in [1.82, 2.24) is 25.1 Å². The maximum Gasteiger partial charge on any atom is 0.225 e. The van der Waals surface area contributed by atoms with E-state index in [0.29, 0.717) is 5.41 Å². The lowest BCUT2D eigenvalue weighted by Gasteiger charge is -2.34. The summed E-state index contributed by atoms with van der Waals surface area (Å²) < 4.78 is 0. The molecule has 1 aromatic heterocycles. The van der Waals surface area contributed by atoms with Gasteiger partial charge in [-0.25, -0.2) is 9.97 Å². The number of rotatable bonds is 5. The van der Waals surface area contributed by atoms with Crippen molar-refractivity contribution in [3.8, 4) is 0 Å². The van der Waals surface area contributed by atoms with Gasteiger partial charge in [-0.3, -0.25) is 9.89 Å². The Morgan fingerprint density at radius 1 is 1.07 bits per heavy atom. The third-order valence-electron chi connectivity index (χ3n) is 6.62. The maximum atomic E-state index is 4.97. The largest absolute Gasteiger partial charge is 0.357 e. The molecule has 29 heavy (non-hydrogen) atoms. The van der Waals surface area contributed by atoms with Gasteiger partial charge in [0.15, 0.2) is 5.96 Å². The van der Waals surface area contributed by atoms with Crippen molar-refractivity contribution in [1.29, 1.82) is 0 Å². The lowest BCUT2D eigenvalue weighted by Crippen LogP contribution is -2.48. The third-order valence-corrected chi connectivity index (χ3v) is 6.62. The minimum Gasteiger partial charge on any atom is -0.357 e. The number of halogens is 1. The van der Waals surface area contributed by atoms with Crippen molar-refractivity contribution < 1.29 is 0 Å². The molecule has 7 nitrogen and oxygen atoms in total. The van der Waals surface area contributed by atoms with Crippen molar-refractivity contribution in [2.75, 3.05) is 63.8 Å². The number of aliphatic imine (C=N–C) groups is 1. The number of hydrogen-bond donors (Lipinski definition) is 1. The van der Waals surface area contributed by atoms with Crippen LogP contribution in [0, 0.1) is 5.41 Å². The summed E-state index contributed by atoms with van der Waals surface area (Å²) in [4.78, 5) is 21.0. The molecule has 3 heterocycles. The average Bonchev–Trinajstić information content (AvgIpc) is 3.38. The van der Waals surface area contributed by atoms with E-state index in [1.807, 2.05) is 18.5 Å². The lowest BCUT2D eigenvalue weighted by molar-refractivity contribution is 0.263. The molecule has 2 aliphatic heterocycles. The second-order valence-corrected chi connectivity index (χ2v) is 8.49. The second kappa shape index (κ2) is 10.7. The van der Waals surface area contributed by atoms with Crippen molar-refractivity contribution in [3.63, 3.8) is 0 Å². The summed E-state index contributed by atoms with van der Waals surface area (Å²) in [7, 11) is 0. The van der Waals surface area contributed by atoms with Gasteiger partial charge in [0.1, 0.15) is 0 Å². The molecule has 0 bridgehead atoms. The Balaban J connectivity index is 0.00000240. The van der Waals surface area contributed by atoms with Crippen LogP contribution in [0.3, 0.4) is 0 Å². The van der Waals surface area contributed by atoms with Gasteiger partial charge in [0.05, 0.1) is 6.54 Å². The molecule has 1 aromatic rings. The maximum absolute atomic E-state index is 4.97. The molecule has 1 saturated carbocycles. The van der Waals surface area contributed by atoms with E-state index in [0.717, 1.165) is 57.7 Å². The van der Waals surface area contributed by atoms with Gasteiger partial charge in [-0.05, 0) is 37.7 Å². The van der Waals surface area contributed by atoms with E-state index in [9.17, 15) is 0 Å². The minimum absolute atomic E-state index is 0. The van der Waals surface area contributed by atoms with E-state index in [1.54, 1.807) is 0 Å². The highest BCUT2D eigenvalue weighted by Crippen LogP contribution is 2.45. The number of nitrogens with zero attached hydrogens (tertiary/aromatic N) is 6. The fourth-order valence-corrected chi connectivity index (χ4v) is 5.00. The first kappa shape index (κ1) is 22.5. The SMILES string of the molecule is CCNC(=NCCN1CCN(c2ncccn2)CC1)N1CCC2(CCCC2)C1.I. The van der Waals surface area contributed by atoms with Crippen LogP contribution in [-0.4, -0.2) is 84.6 Å². The van der Waals surface area contributed by atoms with Gasteiger partial charge >= 0.3 is 0 Å². The van der Waals surface area contributed by atoms with Crippen molar-refractivity contribution in [2.45, 2.75) is 39.0 Å². The molecule has 0 aromatic carbocycles. The standard InChI is InChI=1S/C21H35N7.HI/c1-2-22-19(28-12-8-21(18-28)6-3-4-7-21)25-11-13-26-14-16-27(17-15-26)20-23-9-5-10-24-20;/h5,9-10H,2-4,6-8,11-18H2,1H3,(H,22,25);1H. The number of hydrogen-bond acceptors (Lipinski definition) is 5. The molecule has 0 radical (unpaired) electrons. The van der Waals surface area contributed by atoms with Crippen molar-refractivity contribution in [3.05, 3.63) is 18.5 Å². The Kier molecular flexibility index (Phi) is 8.35. The predicted octanol–water partition coefficient (Wildman–Crippen LogP) is 2.45. The van der Waals surface area contributed by atoms with Gasteiger partial charge in [0.2, 0.25) is 5.95 Å². The topological polar surface area (TPSA) is 59.9 Å². The third kappa shape index (κ3) is 5.71. The summed E-state index contributed by atoms with van der Waals surface area (Å²) >= 11 is 0. The van der Waals surface area contributed by atoms with Crippen LogP contribution in [0.4, 0.5) is 5.95 Å². The Hall–Kier alpha value is -1.16. The highest BCUT2D eigenvalue weighted by atomic mass is 127. The molecule has 8 heteroatoms. The van der Waals surface area contributed by atoms with E-state index in [4.69, 9.17) is 4.99 Å². The summed E-state index contributed by atoms with van der Waals surface area (Å²) in [6.45, 7) is 11.5. The first-order valence-corrected chi connectivity index (χ1v) is 11.1. The number of nitrogens with one attached hydrogen (secondary N) is 1. The molecule has 0 unspecified atom stereocenters. The summed E-state index contributed by atoms with van der Waals surface area (Å²) in [5, 5.41) is 3.53. The Labute approximate surface area is 192 Å². The van der Waals surface area contributed by atoms with Gasteiger partial charge in [-0.2, -0.15) is 0 Å². The number of aromatic nitrogens is 2. The Bertz CT molecular complexity index is 640. The predicted molar refractivity (Wildman–Crippen MR) is 129 cm³/mol. The number of anilines is 1. The molecule has 2 saturated heterocycles. The molecule has 4 rings (SSSR count). The number of likely N-dealkylation sites (tertiary alicyclic amines) is 1. The van der Waals surface area contributed by atoms with Gasteiger partial charge in [0, 0.05) is 64.8 Å². The van der Waals surface area contributed by atoms with Crippen LogP contribution in [0.1, 0.15) is 39.0 Å². The molecular weight excluding hydrogens is 477 g/mol. The van der Waals surface area contributed by atoms with E-state index >= 15 is 0 Å². The van der Waals surface area contributed by atoms with Gasteiger partial charge in [-0.1, -0.05) is 12.8 Å². The van der Waals surface area contributed by atoms with Crippen LogP contribution in [0.25, 0.3) is 0 Å². The number of piperazine rings is 1. The smallest absolute Gasteiger partial charge is 0.225 e. The molecule has 3 fully saturated rings. The first-order valence-electron chi connectivity index (χ1n) is 11.1. The van der Waals surface area contributed by atoms with Crippen molar-refractivity contribution >= 4 is 35.9 Å². The summed E-state index contributed by atoms with van der Waals surface area (Å²) in [6, 6.07) is 1.87. The molecule has 162 valence electrons. The quantitative estimate of drug-likeness (QED) is 0.371. The van der Waals surface area contributed by atoms with E-state index in [2.05, 4.69) is 36.9 Å². The molecule has 1 aliphatic carbocycles. The molecule has 1 spiro atoms. The molecule has 0 amide bonds. The molecule has 1 N–H and O–H groups in total. The normalized spacial score (nSPS) is 22.2. The minimum atomic E-state index is 0. The average molecular weight is 513 g/mol. The Morgan fingerprint density at radius 2 is 1.79 bits per heavy atom. The molecule has 0 atom stereocenters. The zero-order valence-corrected chi connectivity index (χ0v) is 20.1. The number of guanidine groups is 1. The van der Waals surface area contributed by atoms with Crippen LogP contribution < -0.4 is 10.2 Å². The summed E-state index contributed by atoms with van der Waals surface area (Å²) in [5.74, 6) is 1.98. The van der Waals surface area contributed by atoms with Crippen LogP contribution in [0.5, 0.6) is 0 Å². The zero-order chi connectivity index (χ0) is 19.2. The Morgan fingerprint density at radius 3 is 2.48 bits per heavy atom. The van der Waals surface area contributed by atoms with E-state index in [-0.39, 0.29) is 24.0 Å². The van der Waals surface area contributed by atoms with E-state index in [1.165, 1.54) is 45.2 Å². The van der Waals surface area contributed by atoms with Crippen LogP contribution in [-0.2, 0) is 0 Å². The fourth-order valence-electron chi connectivity index (χ4n) is 5.00. The van der Waals surface area contributed by atoms with Crippen LogP contribution in [0.2, 0.25) is 0 Å². The lowest BCUT2D eigenvalue weighted by atomic mass is 9.86. The summed E-state index contributed by atoms with van der Waals surface area (Å²) in [5.41, 5.74) is 0.589. The molecule has 3 aliphatic rings. The first-order chi connectivity index (χ1) is 13.8. The fraction of sp³-hybridized carbons (Fsp3) is 0.762. The highest BCUT2D eigenvalue weighted by Gasteiger charge is 2.41. The van der Waals surface area contributed by atoms with Crippen LogP contribution >= 0.6 is 24.0 Å². The second-order valence-electron chi connectivity index (χ2n) is 8.49. The van der Waals surface area contributed by atoms with Crippen LogP contribution in [0.15, 0.2) is 23.5 Å². The summed E-state index contributed by atoms with van der Waals surface area (Å²) in [6.07, 6.45) is 10.7. The van der Waals surface area contributed by atoms with E-state index < -0.39 is 0 Å². The van der Waals surface area contributed by atoms with Gasteiger partial charge in [-0.15, -0.1) is 24.0 Å². The van der Waals surface area contributed by atoms with Gasteiger partial charge < -0.3 is 15.1 Å². The highest BCUT2D eigenvalue weighted by molar-refractivity contribution is 14.0. The zero-order valence-electron chi connectivity index (χ0n) is 17.7. The van der Waals surface area contributed by atoms with Crippen molar-refractivity contribution in [2.24, 2.45) is 10.4 Å².